The van der Waals surface area contributed by atoms with Crippen molar-refractivity contribution >= 4 is 68.7 Å². The fourth-order valence-corrected chi connectivity index (χ4v) is 19.3. The predicted molar refractivity (Wildman–Crippen MR) is 112 cm³/mol. The van der Waals surface area contributed by atoms with Crippen LogP contribution in [0.2, 0.25) is 0 Å². The van der Waals surface area contributed by atoms with Crippen LogP contribution in [0.5, 0.6) is 11.5 Å². The highest BCUT2D eigenvalue weighted by Crippen LogP contribution is 2.76. The first-order valence-electron chi connectivity index (χ1n) is 6.26. The average molecular weight is 406 g/mol. The Balaban J connectivity index is 2.13. The summed E-state index contributed by atoms with van der Waals surface area (Å²) < 4.78 is 8.35. The van der Waals surface area contributed by atoms with Gasteiger partial charge < -0.3 is 9.47 Å². The zero-order valence-electron chi connectivity index (χ0n) is 12.0. The standard InChI is InChI=1S/C14H16O2P2S4/c1-15-11-3-7-13(8-4-11)17(19)22-18(20,21)14-9-5-12(16-2)6-10-14/h3-10,19H,1-2H3,(H,20,21)/t17-/m1/s1. The minimum Gasteiger partial charge on any atom is -0.497 e. The van der Waals surface area contributed by atoms with Crippen molar-refractivity contribution in [3.63, 3.8) is 0 Å². The fraction of sp³-hybridized carbons (Fsp3) is 0.143. The number of thiol groups is 2. The molecule has 0 heterocycles. The molecule has 0 fully saturated rings. The van der Waals surface area contributed by atoms with Gasteiger partial charge in [0.05, 0.1) is 18.7 Å². The van der Waals surface area contributed by atoms with Crippen molar-refractivity contribution in [1.82, 2.24) is 0 Å². The van der Waals surface area contributed by atoms with Crippen molar-refractivity contribution < 1.29 is 9.47 Å². The molecule has 0 aliphatic carbocycles. The lowest BCUT2D eigenvalue weighted by Gasteiger charge is -2.20. The molecule has 8 heteroatoms. The molecular weight excluding hydrogens is 390 g/mol. The van der Waals surface area contributed by atoms with Gasteiger partial charge in [-0.05, 0) is 53.8 Å². The Morgan fingerprint density at radius 3 is 1.86 bits per heavy atom. The van der Waals surface area contributed by atoms with Gasteiger partial charge in [-0.3, -0.25) is 0 Å². The molecule has 2 rings (SSSR count). The van der Waals surface area contributed by atoms with Gasteiger partial charge in [-0.2, -0.15) is 0 Å². The number of benzene rings is 2. The molecule has 0 radical (unpaired) electrons. The van der Waals surface area contributed by atoms with Crippen LogP contribution >= 0.6 is 46.3 Å². The largest absolute Gasteiger partial charge is 0.497 e. The van der Waals surface area contributed by atoms with E-state index in [-0.39, 0.29) is 0 Å². The fourth-order valence-electron chi connectivity index (χ4n) is 1.68. The van der Waals surface area contributed by atoms with Gasteiger partial charge in [0.15, 0.2) is 0 Å². The van der Waals surface area contributed by atoms with Crippen molar-refractivity contribution in [2.24, 2.45) is 0 Å². The van der Waals surface area contributed by atoms with E-state index in [0.29, 0.717) is 0 Å². The van der Waals surface area contributed by atoms with E-state index in [9.17, 15) is 0 Å². The minimum absolute atomic E-state index is 0.723. The molecule has 0 saturated heterocycles. The van der Waals surface area contributed by atoms with Crippen LogP contribution in [0, 0.1) is 0 Å². The van der Waals surface area contributed by atoms with E-state index in [1.54, 1.807) is 25.2 Å². The monoisotopic (exact) mass is 406 g/mol. The van der Waals surface area contributed by atoms with Crippen LogP contribution in [0.1, 0.15) is 0 Å². The predicted octanol–water partition coefficient (Wildman–Crippen LogP) is 4.87. The number of hydrogen-bond acceptors (Lipinski definition) is 5. The average Bonchev–Trinajstić information content (AvgIpc) is 2.54. The summed E-state index contributed by atoms with van der Waals surface area (Å²) in [6, 6.07) is 15.8. The molecule has 2 aromatic rings. The zero-order chi connectivity index (χ0) is 16.2. The lowest BCUT2D eigenvalue weighted by atomic mass is 10.3. The number of rotatable bonds is 6. The quantitative estimate of drug-likeness (QED) is 0.526. The van der Waals surface area contributed by atoms with Crippen LogP contribution in [0.3, 0.4) is 0 Å². The molecule has 0 aliphatic rings. The van der Waals surface area contributed by atoms with E-state index in [1.807, 2.05) is 48.5 Å². The molecule has 2 atom stereocenters. The van der Waals surface area contributed by atoms with E-state index < -0.39 is 10.8 Å². The van der Waals surface area contributed by atoms with Crippen LogP contribution in [0.25, 0.3) is 0 Å². The molecule has 0 amide bonds. The molecule has 2 nitrogen and oxygen atoms in total. The van der Waals surface area contributed by atoms with E-state index in [4.69, 9.17) is 45.8 Å². The van der Waals surface area contributed by atoms with Gasteiger partial charge >= 0.3 is 0 Å². The van der Waals surface area contributed by atoms with Gasteiger partial charge in [0.1, 0.15) is 11.5 Å². The zero-order valence-corrected chi connectivity index (χ0v) is 17.3. The van der Waals surface area contributed by atoms with Crippen molar-refractivity contribution in [3.05, 3.63) is 48.5 Å². The lowest BCUT2D eigenvalue weighted by Crippen LogP contribution is -1.99. The number of methoxy groups -OCH3 is 2. The molecule has 2 aromatic carbocycles. The number of ether oxygens (including phenoxy) is 2. The summed E-state index contributed by atoms with van der Waals surface area (Å²) in [4.78, 5) is 0. The summed E-state index contributed by atoms with van der Waals surface area (Å²) in [6.45, 7) is 0. The molecule has 0 N–H and O–H groups in total. The first-order chi connectivity index (χ1) is 10.5. The maximum Gasteiger partial charge on any atom is 0.118 e. The molecule has 0 spiro atoms. The summed E-state index contributed by atoms with van der Waals surface area (Å²) in [5, 5.41) is 2.22. The Morgan fingerprint density at radius 1 is 0.955 bits per heavy atom. The van der Waals surface area contributed by atoms with Gasteiger partial charge in [0.25, 0.3) is 0 Å². The van der Waals surface area contributed by atoms with E-state index in [2.05, 4.69) is 0 Å². The second-order valence-corrected chi connectivity index (χ2v) is 19.5. The Bertz CT molecular complexity index is 662. The summed E-state index contributed by atoms with van der Waals surface area (Å²) in [5.41, 5.74) is 0. The molecule has 0 bridgehead atoms. The SMILES string of the molecule is COc1ccc([P@](S)S[P@](=S)(S)c2ccc(OC)cc2)cc1. The second kappa shape index (κ2) is 8.32. The van der Waals surface area contributed by atoms with Crippen molar-refractivity contribution in [1.29, 1.82) is 0 Å². The molecular formula is C14H16O2P2S4. The maximum absolute atomic E-state index is 5.75. The van der Waals surface area contributed by atoms with Gasteiger partial charge in [-0.25, -0.2) is 0 Å². The summed E-state index contributed by atoms with van der Waals surface area (Å²) in [5.74, 6) is 1.66. The highest BCUT2D eigenvalue weighted by atomic mass is 33.4. The van der Waals surface area contributed by atoms with Crippen LogP contribution in [-0.4, -0.2) is 14.2 Å². The molecule has 22 heavy (non-hydrogen) atoms. The Labute approximate surface area is 151 Å². The normalized spacial score (nSPS) is 14.9. The first-order valence-corrected chi connectivity index (χ1v) is 14.7. The van der Waals surface area contributed by atoms with E-state index >= 15 is 0 Å². The Kier molecular flexibility index (Phi) is 7.00. The molecule has 0 unspecified atom stereocenters. The highest BCUT2D eigenvalue weighted by Gasteiger charge is 2.21. The molecule has 0 saturated carbocycles. The Morgan fingerprint density at radius 2 is 1.41 bits per heavy atom. The summed E-state index contributed by atoms with van der Waals surface area (Å²) >= 11 is 16.9. The topological polar surface area (TPSA) is 18.5 Å². The van der Waals surface area contributed by atoms with E-state index in [1.165, 1.54) is 0 Å². The third-order valence-corrected chi connectivity index (χ3v) is 18.5. The van der Waals surface area contributed by atoms with Gasteiger partial charge in [-0.15, -0.1) is 24.5 Å². The molecule has 0 aliphatic heterocycles. The Hall–Kier alpha value is 0.170. The van der Waals surface area contributed by atoms with Crippen LogP contribution < -0.4 is 20.1 Å². The van der Waals surface area contributed by atoms with Crippen LogP contribution in [0.15, 0.2) is 48.5 Å². The van der Waals surface area contributed by atoms with Crippen LogP contribution in [-0.2, 0) is 11.8 Å². The van der Waals surface area contributed by atoms with Gasteiger partial charge in [0, 0.05) is 11.6 Å². The maximum atomic E-state index is 5.75. The van der Waals surface area contributed by atoms with Crippen molar-refractivity contribution in [2.75, 3.05) is 14.2 Å². The van der Waals surface area contributed by atoms with Crippen molar-refractivity contribution in [3.8, 4) is 11.5 Å². The summed E-state index contributed by atoms with van der Waals surface area (Å²) in [7, 11) is 3.31. The first kappa shape index (κ1) is 18.5. The minimum atomic E-state index is -2.01. The lowest BCUT2D eigenvalue weighted by molar-refractivity contribution is 0.415. The molecule has 118 valence electrons. The van der Waals surface area contributed by atoms with E-state index in [0.717, 1.165) is 22.1 Å². The van der Waals surface area contributed by atoms with Crippen LogP contribution in [0.4, 0.5) is 0 Å². The van der Waals surface area contributed by atoms with Crippen molar-refractivity contribution in [2.45, 2.75) is 0 Å². The molecule has 0 aromatic heterocycles. The second-order valence-electron chi connectivity index (χ2n) is 4.27. The third kappa shape index (κ3) is 4.83. The third-order valence-electron chi connectivity index (χ3n) is 2.88. The number of hydrogen-bond donors (Lipinski definition) is 2. The smallest absolute Gasteiger partial charge is 0.118 e. The van der Waals surface area contributed by atoms with Gasteiger partial charge in [0.2, 0.25) is 0 Å². The summed E-state index contributed by atoms with van der Waals surface area (Å²) in [6.07, 6.45) is -0.723. The van der Waals surface area contributed by atoms with Gasteiger partial charge in [-0.1, -0.05) is 22.8 Å². The highest BCUT2D eigenvalue weighted by molar-refractivity contribution is 9.18.